The summed E-state index contributed by atoms with van der Waals surface area (Å²) in [4.78, 5) is 36.3. The van der Waals surface area contributed by atoms with Crippen LogP contribution >= 0.6 is 0 Å². The number of aromatic nitrogens is 5. The van der Waals surface area contributed by atoms with Crippen molar-refractivity contribution in [3.05, 3.63) is 70.2 Å². The molecule has 1 fully saturated rings. The van der Waals surface area contributed by atoms with Gasteiger partial charge in [0.1, 0.15) is 16.0 Å². The minimum Gasteiger partial charge on any atom is -0.481 e. The Morgan fingerprint density at radius 3 is 2.39 bits per heavy atom. The van der Waals surface area contributed by atoms with Gasteiger partial charge in [0.05, 0.1) is 30.6 Å². The molecule has 51 heavy (non-hydrogen) atoms. The van der Waals surface area contributed by atoms with E-state index >= 15 is 0 Å². The van der Waals surface area contributed by atoms with Gasteiger partial charge >= 0.3 is 12.1 Å². The maximum atomic E-state index is 14.4. The predicted octanol–water partition coefficient (Wildman–Crippen LogP) is 4.98. The molecule has 1 N–H and O–H groups in total. The van der Waals surface area contributed by atoms with Crippen LogP contribution < -0.4 is 4.74 Å². The average molecular weight is 720 g/mol. The number of nitrogens with zero attached hydrogens (tertiary/aromatic N) is 7. The number of aryl methyl sites for hydroxylation is 4. The number of aliphatic carboxylic acids is 1. The number of pyridine rings is 2. The van der Waals surface area contributed by atoms with Crippen LogP contribution in [0.4, 0.5) is 4.79 Å². The second kappa shape index (κ2) is 12.5. The van der Waals surface area contributed by atoms with Crippen LogP contribution in [0, 0.1) is 26.2 Å². The molecular formula is C36H45N7O7S. The Hall–Kier alpha value is -4.63. The molecule has 1 aromatic carbocycles. The maximum Gasteiger partial charge on any atom is 0.410 e. The Balaban J connectivity index is 1.41. The summed E-state index contributed by atoms with van der Waals surface area (Å²) in [7, 11) is -4.15. The minimum atomic E-state index is -4.15. The quantitative estimate of drug-likeness (QED) is 0.273. The van der Waals surface area contributed by atoms with Crippen LogP contribution in [0.5, 0.6) is 5.88 Å². The number of carboxylic acid groups (broad SMARTS) is 1. The molecule has 1 spiro atoms. The highest BCUT2D eigenvalue weighted by Crippen LogP contribution is 2.44. The lowest BCUT2D eigenvalue weighted by molar-refractivity contribution is -0.147. The molecule has 0 saturated carbocycles. The second-order valence-corrected chi connectivity index (χ2v) is 17.2. The molecule has 2 aliphatic rings. The van der Waals surface area contributed by atoms with E-state index in [0.717, 1.165) is 22.2 Å². The molecular weight excluding hydrogens is 675 g/mol. The van der Waals surface area contributed by atoms with Crippen molar-refractivity contribution in [1.29, 1.82) is 0 Å². The molecule has 5 heterocycles. The molecule has 0 radical (unpaired) electrons. The molecule has 1 unspecified atom stereocenters. The van der Waals surface area contributed by atoms with Crippen molar-refractivity contribution >= 4 is 33.1 Å². The fraction of sp³-hybridized carbons (Fsp3) is 0.500. The fourth-order valence-corrected chi connectivity index (χ4v) is 8.50. The summed E-state index contributed by atoms with van der Waals surface area (Å²) in [6.45, 7) is 16.9. The van der Waals surface area contributed by atoms with Crippen LogP contribution in [0.25, 0.3) is 11.0 Å². The Labute approximate surface area is 297 Å². The van der Waals surface area contributed by atoms with Gasteiger partial charge in [0, 0.05) is 37.1 Å². The fourth-order valence-electron chi connectivity index (χ4n) is 6.86. The second-order valence-electron chi connectivity index (χ2n) is 15.3. The van der Waals surface area contributed by atoms with Crippen molar-refractivity contribution in [2.75, 3.05) is 19.6 Å². The van der Waals surface area contributed by atoms with Gasteiger partial charge in [-0.25, -0.2) is 22.9 Å². The summed E-state index contributed by atoms with van der Waals surface area (Å²) < 4.78 is 43.9. The molecule has 0 bridgehead atoms. The highest BCUT2D eigenvalue weighted by Gasteiger charge is 2.54. The van der Waals surface area contributed by atoms with Crippen LogP contribution in [0.3, 0.4) is 0 Å². The number of likely N-dealkylation sites (tertiary alicyclic amines) is 1. The van der Waals surface area contributed by atoms with Crippen LogP contribution in [0.15, 0.2) is 41.6 Å². The van der Waals surface area contributed by atoms with E-state index in [2.05, 4.69) is 15.3 Å². The van der Waals surface area contributed by atoms with Crippen molar-refractivity contribution in [3.63, 3.8) is 0 Å². The van der Waals surface area contributed by atoms with Gasteiger partial charge in [-0.05, 0) is 108 Å². The molecule has 272 valence electrons. The topological polar surface area (TPSA) is 170 Å². The first kappa shape index (κ1) is 36.2. The molecule has 1 atom stereocenters. The zero-order valence-electron chi connectivity index (χ0n) is 30.5. The standard InChI is InChI=1S/C36H45N7O7S/c1-10-43-27-12-11-25(23(4)30(27)39-40-43)29(35(8,9)32(44)45)26-14-24(22(3)16-37-26)17-42-20-36(18-41(19-36)33(46)50-34(5,6)7)49-31-28(51(42,47)48)13-21(2)15-38-31/h11-16,29H,10,17-20H2,1-9H3,(H,44,45). The largest absolute Gasteiger partial charge is 0.481 e. The number of sulfonamides is 1. The van der Waals surface area contributed by atoms with E-state index in [9.17, 15) is 23.1 Å². The number of carboxylic acids is 1. The van der Waals surface area contributed by atoms with Crippen molar-refractivity contribution in [3.8, 4) is 5.88 Å². The first-order valence-electron chi connectivity index (χ1n) is 16.9. The number of rotatable bonds is 7. The zero-order chi connectivity index (χ0) is 37.3. The number of benzene rings is 1. The van der Waals surface area contributed by atoms with E-state index in [1.807, 2.05) is 32.9 Å². The molecule has 14 nitrogen and oxygen atoms in total. The van der Waals surface area contributed by atoms with E-state index in [-0.39, 0.29) is 37.0 Å². The Morgan fingerprint density at radius 1 is 1.04 bits per heavy atom. The summed E-state index contributed by atoms with van der Waals surface area (Å²) in [5, 5.41) is 19.1. The number of carbonyl (C=O) groups excluding carboxylic acids is 1. The molecule has 15 heteroatoms. The van der Waals surface area contributed by atoms with Gasteiger partial charge in [-0.1, -0.05) is 11.3 Å². The minimum absolute atomic E-state index is 0.0202. The van der Waals surface area contributed by atoms with E-state index in [1.165, 1.54) is 15.3 Å². The maximum absolute atomic E-state index is 14.4. The summed E-state index contributed by atoms with van der Waals surface area (Å²) >= 11 is 0. The molecule has 6 rings (SSSR count). The number of amides is 1. The van der Waals surface area contributed by atoms with Crippen molar-refractivity contribution in [1.82, 2.24) is 34.2 Å². The van der Waals surface area contributed by atoms with Gasteiger partial charge < -0.3 is 14.6 Å². The first-order valence-corrected chi connectivity index (χ1v) is 18.4. The number of hydrogen-bond acceptors (Lipinski definition) is 10. The molecule has 2 aliphatic heterocycles. The van der Waals surface area contributed by atoms with Gasteiger partial charge in [0.15, 0.2) is 5.60 Å². The SMILES string of the molecule is CCn1nnc2c(C)c(C(c3cc(CN4CC5(CN(C(=O)OC(C)(C)C)C5)Oc5ncc(C)cc5S4(=O)=O)c(C)cn3)C(C)(C)C(=O)O)ccc21. The molecule has 4 aromatic rings. The van der Waals surface area contributed by atoms with Crippen LogP contribution in [0.1, 0.15) is 81.0 Å². The lowest BCUT2D eigenvalue weighted by atomic mass is 9.71. The number of fused-ring (bicyclic) bond motifs is 2. The van der Waals surface area contributed by atoms with Crippen LogP contribution in [-0.2, 0) is 32.6 Å². The molecule has 3 aromatic heterocycles. The lowest BCUT2D eigenvalue weighted by Gasteiger charge is -2.49. The Kier molecular flexibility index (Phi) is 8.90. The Bertz CT molecular complexity index is 2150. The summed E-state index contributed by atoms with van der Waals surface area (Å²) in [5.74, 6) is -1.75. The first-order chi connectivity index (χ1) is 23.8. The molecule has 1 amide bonds. The highest BCUT2D eigenvalue weighted by atomic mass is 32.2. The van der Waals surface area contributed by atoms with Gasteiger partial charge in [-0.2, -0.15) is 4.31 Å². The monoisotopic (exact) mass is 719 g/mol. The van der Waals surface area contributed by atoms with Gasteiger partial charge in [-0.3, -0.25) is 14.7 Å². The predicted molar refractivity (Wildman–Crippen MR) is 188 cm³/mol. The van der Waals surface area contributed by atoms with Crippen molar-refractivity contribution in [2.24, 2.45) is 5.41 Å². The van der Waals surface area contributed by atoms with Gasteiger partial charge in [0.2, 0.25) is 15.9 Å². The third-order valence-corrected chi connectivity index (χ3v) is 11.5. The van der Waals surface area contributed by atoms with Crippen molar-refractivity contribution in [2.45, 2.75) is 97.4 Å². The summed E-state index contributed by atoms with van der Waals surface area (Å²) in [5.41, 5.74) is 2.46. The average Bonchev–Trinajstić information content (AvgIpc) is 3.41. The summed E-state index contributed by atoms with van der Waals surface area (Å²) in [6, 6.07) is 7.15. The van der Waals surface area contributed by atoms with E-state index < -0.39 is 44.6 Å². The van der Waals surface area contributed by atoms with Gasteiger partial charge in [0.25, 0.3) is 0 Å². The van der Waals surface area contributed by atoms with E-state index in [0.29, 0.717) is 28.9 Å². The molecule has 1 saturated heterocycles. The van der Waals surface area contributed by atoms with Crippen LogP contribution in [0.2, 0.25) is 0 Å². The summed E-state index contributed by atoms with van der Waals surface area (Å²) in [6.07, 6.45) is 2.69. The van der Waals surface area contributed by atoms with E-state index in [1.54, 1.807) is 64.7 Å². The van der Waals surface area contributed by atoms with Crippen LogP contribution in [-0.4, -0.2) is 90.6 Å². The third kappa shape index (κ3) is 6.52. The number of hydrogen-bond donors (Lipinski definition) is 1. The lowest BCUT2D eigenvalue weighted by Crippen LogP contribution is -2.70. The normalized spacial score (nSPS) is 17.7. The zero-order valence-corrected chi connectivity index (χ0v) is 31.3. The number of carbonyl (C=O) groups is 2. The highest BCUT2D eigenvalue weighted by molar-refractivity contribution is 7.89. The smallest absolute Gasteiger partial charge is 0.410 e. The Morgan fingerprint density at radius 2 is 1.75 bits per heavy atom. The molecule has 0 aliphatic carbocycles. The number of ether oxygens (including phenoxy) is 2. The van der Waals surface area contributed by atoms with E-state index in [4.69, 9.17) is 14.5 Å². The third-order valence-electron chi connectivity index (χ3n) is 9.70. The van der Waals surface area contributed by atoms with Crippen molar-refractivity contribution < 1.29 is 32.6 Å². The van der Waals surface area contributed by atoms with Gasteiger partial charge in [-0.15, -0.1) is 5.10 Å².